The van der Waals surface area contributed by atoms with Crippen LogP contribution in [-0.2, 0) is 0 Å². The molecular weight excluding hydrogens is 322 g/mol. The number of hydrogen-bond acceptors (Lipinski definition) is 4. The van der Waals surface area contributed by atoms with Crippen LogP contribution >= 0.6 is 11.6 Å². The summed E-state index contributed by atoms with van der Waals surface area (Å²) in [4.78, 5) is 4.33. The Hall–Kier alpha value is -2.53. The average Bonchev–Trinajstić information content (AvgIpc) is 2.95. The van der Waals surface area contributed by atoms with Gasteiger partial charge in [0.1, 0.15) is 0 Å². The first-order valence-electron chi connectivity index (χ1n) is 7.91. The number of aromatic nitrogens is 3. The zero-order valence-corrected chi connectivity index (χ0v) is 14.0. The highest BCUT2D eigenvalue weighted by molar-refractivity contribution is 6.30. The maximum Gasteiger partial charge on any atom is 0.241 e. The molecule has 5 nitrogen and oxygen atoms in total. The van der Waals surface area contributed by atoms with Gasteiger partial charge in [-0.25, -0.2) is 4.68 Å². The molecule has 122 valence electrons. The summed E-state index contributed by atoms with van der Waals surface area (Å²) >= 11 is 6.03. The highest BCUT2D eigenvalue weighted by Gasteiger charge is 2.30. The number of halogens is 1. The molecule has 0 spiro atoms. The predicted octanol–water partition coefficient (Wildman–Crippen LogP) is 3.97. The largest absolute Gasteiger partial charge is 0.366 e. The summed E-state index contributed by atoms with van der Waals surface area (Å²) in [6, 6.07) is 16.7. The van der Waals surface area contributed by atoms with Gasteiger partial charge in [-0.15, -0.1) is 5.10 Å². The maximum atomic E-state index is 6.03. The SMILES string of the molecule is Cc1ccc([C@@H]2C[C@@H](c3ccc(Cl)cc3)n3nc(N)nc3N2)cc1. The molecular formula is C18H18ClN5. The molecule has 0 radical (unpaired) electrons. The number of fused-ring (bicyclic) bond motifs is 1. The molecule has 0 bridgehead atoms. The van der Waals surface area contributed by atoms with E-state index in [1.165, 1.54) is 11.1 Å². The van der Waals surface area contributed by atoms with Crippen molar-refractivity contribution in [1.82, 2.24) is 14.8 Å². The topological polar surface area (TPSA) is 68.8 Å². The second-order valence-electron chi connectivity index (χ2n) is 6.15. The Balaban J connectivity index is 1.74. The van der Waals surface area contributed by atoms with Crippen molar-refractivity contribution in [2.45, 2.75) is 25.4 Å². The molecule has 6 heteroatoms. The predicted molar refractivity (Wildman–Crippen MR) is 96.2 cm³/mol. The molecule has 4 rings (SSSR count). The van der Waals surface area contributed by atoms with Gasteiger partial charge in [-0.05, 0) is 36.6 Å². The van der Waals surface area contributed by atoms with E-state index in [9.17, 15) is 0 Å². The van der Waals surface area contributed by atoms with E-state index in [0.717, 1.165) is 17.0 Å². The number of anilines is 2. The maximum absolute atomic E-state index is 6.03. The van der Waals surface area contributed by atoms with Crippen molar-refractivity contribution in [2.75, 3.05) is 11.1 Å². The lowest BCUT2D eigenvalue weighted by Gasteiger charge is -2.31. The van der Waals surface area contributed by atoms with Crippen molar-refractivity contribution in [3.8, 4) is 0 Å². The molecule has 1 aliphatic heterocycles. The third kappa shape index (κ3) is 2.71. The highest BCUT2D eigenvalue weighted by atomic mass is 35.5. The summed E-state index contributed by atoms with van der Waals surface area (Å²) < 4.78 is 1.86. The van der Waals surface area contributed by atoms with Crippen LogP contribution < -0.4 is 11.1 Å². The Morgan fingerprint density at radius 3 is 2.46 bits per heavy atom. The minimum atomic E-state index is 0.0645. The van der Waals surface area contributed by atoms with Gasteiger partial charge in [0.15, 0.2) is 0 Å². The van der Waals surface area contributed by atoms with Crippen LogP contribution in [0.4, 0.5) is 11.9 Å². The molecule has 1 aromatic heterocycles. The normalized spacial score (nSPS) is 19.6. The Morgan fingerprint density at radius 1 is 1.08 bits per heavy atom. The first-order chi connectivity index (χ1) is 11.6. The molecule has 0 aliphatic carbocycles. The minimum absolute atomic E-state index is 0.0645. The van der Waals surface area contributed by atoms with Crippen molar-refractivity contribution in [3.63, 3.8) is 0 Å². The first kappa shape index (κ1) is 15.0. The van der Waals surface area contributed by atoms with Crippen molar-refractivity contribution >= 4 is 23.5 Å². The number of nitrogens with one attached hydrogen (secondary N) is 1. The van der Waals surface area contributed by atoms with E-state index in [-0.39, 0.29) is 18.0 Å². The van der Waals surface area contributed by atoms with Gasteiger partial charge in [-0.3, -0.25) is 0 Å². The van der Waals surface area contributed by atoms with Gasteiger partial charge >= 0.3 is 0 Å². The van der Waals surface area contributed by atoms with Gasteiger partial charge < -0.3 is 11.1 Å². The second-order valence-corrected chi connectivity index (χ2v) is 6.59. The van der Waals surface area contributed by atoms with Gasteiger partial charge in [-0.1, -0.05) is 53.6 Å². The van der Waals surface area contributed by atoms with E-state index in [0.29, 0.717) is 5.95 Å². The van der Waals surface area contributed by atoms with Crippen LogP contribution in [0.1, 0.15) is 35.2 Å². The lowest BCUT2D eigenvalue weighted by molar-refractivity contribution is 0.431. The molecule has 2 heterocycles. The molecule has 3 N–H and O–H groups in total. The third-order valence-corrected chi connectivity index (χ3v) is 4.69. The zero-order valence-electron chi connectivity index (χ0n) is 13.3. The fraction of sp³-hybridized carbons (Fsp3) is 0.222. The number of benzene rings is 2. The Labute approximate surface area is 145 Å². The van der Waals surface area contributed by atoms with Crippen LogP contribution in [0.15, 0.2) is 48.5 Å². The molecule has 2 aromatic carbocycles. The van der Waals surface area contributed by atoms with Crippen LogP contribution in [0.3, 0.4) is 0 Å². The number of nitrogens with zero attached hydrogens (tertiary/aromatic N) is 3. The van der Waals surface area contributed by atoms with Crippen LogP contribution in [0.2, 0.25) is 5.02 Å². The molecule has 0 saturated heterocycles. The summed E-state index contributed by atoms with van der Waals surface area (Å²) in [6.07, 6.45) is 0.862. The monoisotopic (exact) mass is 339 g/mol. The summed E-state index contributed by atoms with van der Waals surface area (Å²) in [5.74, 6) is 0.977. The first-order valence-corrected chi connectivity index (χ1v) is 8.28. The number of nitrogens with two attached hydrogens (primary N) is 1. The Kier molecular flexibility index (Phi) is 3.65. The smallest absolute Gasteiger partial charge is 0.241 e. The van der Waals surface area contributed by atoms with Crippen LogP contribution in [0.25, 0.3) is 0 Å². The van der Waals surface area contributed by atoms with Crippen LogP contribution in [0, 0.1) is 6.92 Å². The van der Waals surface area contributed by atoms with E-state index >= 15 is 0 Å². The fourth-order valence-electron chi connectivity index (χ4n) is 3.17. The zero-order chi connectivity index (χ0) is 16.7. The number of aryl methyl sites for hydroxylation is 1. The van der Waals surface area contributed by atoms with E-state index in [2.05, 4.69) is 46.6 Å². The number of rotatable bonds is 2. The number of hydrogen-bond donors (Lipinski definition) is 2. The Morgan fingerprint density at radius 2 is 1.75 bits per heavy atom. The van der Waals surface area contributed by atoms with Gasteiger partial charge in [0, 0.05) is 5.02 Å². The van der Waals surface area contributed by atoms with Crippen LogP contribution in [0.5, 0.6) is 0 Å². The quantitative estimate of drug-likeness (QED) is 0.741. The van der Waals surface area contributed by atoms with E-state index < -0.39 is 0 Å². The molecule has 24 heavy (non-hydrogen) atoms. The van der Waals surface area contributed by atoms with Crippen molar-refractivity contribution in [1.29, 1.82) is 0 Å². The molecule has 0 amide bonds. The molecule has 3 aromatic rings. The van der Waals surface area contributed by atoms with E-state index in [1.54, 1.807) is 0 Å². The van der Waals surface area contributed by atoms with Gasteiger partial charge in [0.2, 0.25) is 11.9 Å². The fourth-order valence-corrected chi connectivity index (χ4v) is 3.30. The van der Waals surface area contributed by atoms with E-state index in [1.807, 2.05) is 28.9 Å². The number of nitrogen functional groups attached to an aromatic ring is 1. The summed E-state index contributed by atoms with van der Waals surface area (Å²) in [5, 5.41) is 8.53. The molecule has 0 unspecified atom stereocenters. The van der Waals surface area contributed by atoms with Gasteiger partial charge in [0.05, 0.1) is 12.1 Å². The summed E-state index contributed by atoms with van der Waals surface area (Å²) in [6.45, 7) is 2.09. The van der Waals surface area contributed by atoms with Gasteiger partial charge in [-0.2, -0.15) is 4.98 Å². The molecule has 1 aliphatic rings. The van der Waals surface area contributed by atoms with Gasteiger partial charge in [0.25, 0.3) is 0 Å². The summed E-state index contributed by atoms with van der Waals surface area (Å²) in [7, 11) is 0. The average molecular weight is 340 g/mol. The minimum Gasteiger partial charge on any atom is -0.366 e. The molecule has 0 fully saturated rings. The van der Waals surface area contributed by atoms with Crippen molar-refractivity contribution in [2.24, 2.45) is 0 Å². The van der Waals surface area contributed by atoms with Crippen molar-refractivity contribution < 1.29 is 0 Å². The lowest BCUT2D eigenvalue weighted by atomic mass is 9.93. The standard InChI is InChI=1S/C18H18ClN5/c1-11-2-4-12(5-3-11)15-10-16(13-6-8-14(19)9-7-13)24-18(21-15)22-17(20)23-24/h2-9,15-16H,10H2,1H3,(H3,20,21,22,23)/t15-,16-/m0/s1. The third-order valence-electron chi connectivity index (χ3n) is 4.44. The van der Waals surface area contributed by atoms with Crippen molar-refractivity contribution in [3.05, 3.63) is 70.2 Å². The van der Waals surface area contributed by atoms with E-state index in [4.69, 9.17) is 17.3 Å². The second kappa shape index (κ2) is 5.83. The highest BCUT2D eigenvalue weighted by Crippen LogP contribution is 2.38. The lowest BCUT2D eigenvalue weighted by Crippen LogP contribution is -2.28. The summed E-state index contributed by atoms with van der Waals surface area (Å²) in [5.41, 5.74) is 9.44. The van der Waals surface area contributed by atoms with Crippen LogP contribution in [-0.4, -0.2) is 14.8 Å². The Bertz CT molecular complexity index is 854. The molecule has 2 atom stereocenters. The molecule has 0 saturated carbocycles.